The average Bonchev–Trinajstić information content (AvgIpc) is 2.53. The summed E-state index contributed by atoms with van der Waals surface area (Å²) in [5.74, 6) is -0.437. The first kappa shape index (κ1) is 13.7. The van der Waals surface area contributed by atoms with Gasteiger partial charge in [-0.05, 0) is 41.7 Å². The van der Waals surface area contributed by atoms with Crippen molar-refractivity contribution in [1.82, 2.24) is 0 Å². The van der Waals surface area contributed by atoms with Crippen molar-refractivity contribution in [2.75, 3.05) is 7.11 Å². The van der Waals surface area contributed by atoms with Gasteiger partial charge in [-0.25, -0.2) is 0 Å². The molecule has 1 aliphatic rings. The molecule has 0 unspecified atom stereocenters. The molecule has 2 aromatic carbocycles. The highest BCUT2D eigenvalue weighted by Crippen LogP contribution is 2.42. The zero-order valence-electron chi connectivity index (χ0n) is 12.0. The van der Waals surface area contributed by atoms with Crippen LogP contribution in [0.3, 0.4) is 0 Å². The number of carboxylic acids is 1. The Bertz CT molecular complexity index is 649. The molecule has 3 nitrogen and oxygen atoms in total. The standard InChI is InChI=1S/C18H18O3/c1-21-14-9-7-12-8-10-15(18(19)20)17(16(12)11-14)13-5-3-2-4-6-13/h2-7,9,11,15,17H,8,10H2,1H3,(H,19,20)/t15-,17+/m1/s1. The van der Waals surface area contributed by atoms with Crippen LogP contribution in [0.5, 0.6) is 5.75 Å². The van der Waals surface area contributed by atoms with E-state index in [4.69, 9.17) is 4.74 Å². The van der Waals surface area contributed by atoms with E-state index in [2.05, 4.69) is 6.07 Å². The maximum atomic E-state index is 11.7. The van der Waals surface area contributed by atoms with Crippen molar-refractivity contribution in [2.45, 2.75) is 18.8 Å². The predicted molar refractivity (Wildman–Crippen MR) is 80.7 cm³/mol. The molecule has 0 bridgehead atoms. The monoisotopic (exact) mass is 282 g/mol. The van der Waals surface area contributed by atoms with Crippen molar-refractivity contribution in [3.63, 3.8) is 0 Å². The van der Waals surface area contributed by atoms with Gasteiger partial charge in [0.15, 0.2) is 0 Å². The van der Waals surface area contributed by atoms with Crippen LogP contribution >= 0.6 is 0 Å². The first-order chi connectivity index (χ1) is 10.2. The lowest BCUT2D eigenvalue weighted by Crippen LogP contribution is -2.28. The van der Waals surface area contributed by atoms with Crippen LogP contribution in [0, 0.1) is 5.92 Å². The Hall–Kier alpha value is -2.29. The topological polar surface area (TPSA) is 46.5 Å². The lowest BCUT2D eigenvalue weighted by molar-refractivity contribution is -0.142. The van der Waals surface area contributed by atoms with Gasteiger partial charge in [-0.1, -0.05) is 36.4 Å². The third-order valence-electron chi connectivity index (χ3n) is 4.29. The van der Waals surface area contributed by atoms with E-state index in [0.717, 1.165) is 23.3 Å². The zero-order valence-corrected chi connectivity index (χ0v) is 12.0. The van der Waals surface area contributed by atoms with E-state index in [1.165, 1.54) is 5.56 Å². The van der Waals surface area contributed by atoms with Crippen molar-refractivity contribution in [1.29, 1.82) is 0 Å². The van der Waals surface area contributed by atoms with Gasteiger partial charge in [-0.3, -0.25) is 4.79 Å². The Kier molecular flexibility index (Phi) is 3.65. The largest absolute Gasteiger partial charge is 0.497 e. The van der Waals surface area contributed by atoms with Crippen LogP contribution in [0.15, 0.2) is 48.5 Å². The van der Waals surface area contributed by atoms with E-state index >= 15 is 0 Å². The second-order valence-corrected chi connectivity index (χ2v) is 5.44. The summed E-state index contributed by atoms with van der Waals surface area (Å²) in [6.45, 7) is 0. The number of carbonyl (C=O) groups is 1. The van der Waals surface area contributed by atoms with E-state index in [0.29, 0.717) is 6.42 Å². The van der Waals surface area contributed by atoms with Crippen molar-refractivity contribution >= 4 is 5.97 Å². The van der Waals surface area contributed by atoms with Gasteiger partial charge in [-0.15, -0.1) is 0 Å². The minimum absolute atomic E-state index is 0.109. The van der Waals surface area contributed by atoms with Crippen molar-refractivity contribution < 1.29 is 14.6 Å². The Labute approximate surface area is 124 Å². The quantitative estimate of drug-likeness (QED) is 0.937. The smallest absolute Gasteiger partial charge is 0.307 e. The summed E-state index contributed by atoms with van der Waals surface area (Å²) in [6.07, 6.45) is 1.48. The molecule has 0 aromatic heterocycles. The minimum atomic E-state index is -0.725. The molecule has 0 amide bonds. The number of ether oxygens (including phenoxy) is 1. The van der Waals surface area contributed by atoms with E-state index in [-0.39, 0.29) is 11.8 Å². The molecule has 0 heterocycles. The number of fused-ring (bicyclic) bond motifs is 1. The number of rotatable bonds is 3. The Morgan fingerprint density at radius 1 is 1.19 bits per heavy atom. The van der Waals surface area contributed by atoms with Crippen molar-refractivity contribution in [3.05, 3.63) is 65.2 Å². The summed E-state index contributed by atoms with van der Waals surface area (Å²) >= 11 is 0. The number of methoxy groups -OCH3 is 1. The molecule has 0 saturated heterocycles. The number of benzene rings is 2. The second-order valence-electron chi connectivity index (χ2n) is 5.44. The molecule has 0 aliphatic heterocycles. The molecule has 0 fully saturated rings. The van der Waals surface area contributed by atoms with E-state index in [1.807, 2.05) is 42.5 Å². The zero-order chi connectivity index (χ0) is 14.8. The van der Waals surface area contributed by atoms with Gasteiger partial charge < -0.3 is 9.84 Å². The Balaban J connectivity index is 2.14. The molecule has 0 radical (unpaired) electrons. The van der Waals surface area contributed by atoms with Gasteiger partial charge >= 0.3 is 5.97 Å². The first-order valence-corrected chi connectivity index (χ1v) is 7.15. The lowest BCUT2D eigenvalue weighted by atomic mass is 9.72. The highest BCUT2D eigenvalue weighted by atomic mass is 16.5. The fourth-order valence-electron chi connectivity index (χ4n) is 3.25. The van der Waals surface area contributed by atoms with Crippen LogP contribution in [0.4, 0.5) is 0 Å². The Morgan fingerprint density at radius 3 is 2.62 bits per heavy atom. The van der Waals surface area contributed by atoms with Crippen LogP contribution in [0.2, 0.25) is 0 Å². The molecule has 0 spiro atoms. The van der Waals surface area contributed by atoms with E-state index in [9.17, 15) is 9.90 Å². The maximum absolute atomic E-state index is 11.7. The van der Waals surface area contributed by atoms with Gasteiger partial charge in [0.25, 0.3) is 0 Å². The fourth-order valence-corrected chi connectivity index (χ4v) is 3.25. The molecular weight excluding hydrogens is 264 g/mol. The highest BCUT2D eigenvalue weighted by Gasteiger charge is 2.35. The number of aliphatic carboxylic acids is 1. The molecule has 3 rings (SSSR count). The third kappa shape index (κ3) is 2.51. The molecule has 1 aliphatic carbocycles. The predicted octanol–water partition coefficient (Wildman–Crippen LogP) is 3.47. The molecule has 21 heavy (non-hydrogen) atoms. The Morgan fingerprint density at radius 2 is 1.95 bits per heavy atom. The SMILES string of the molecule is COc1ccc2c(c1)[C@@H](c1ccccc1)[C@H](C(=O)O)CC2. The van der Waals surface area contributed by atoms with Crippen LogP contribution in [0.1, 0.15) is 29.0 Å². The van der Waals surface area contributed by atoms with Gasteiger partial charge in [0.2, 0.25) is 0 Å². The summed E-state index contributed by atoms with van der Waals surface area (Å²) < 4.78 is 5.31. The summed E-state index contributed by atoms with van der Waals surface area (Å²) in [6, 6.07) is 15.9. The van der Waals surface area contributed by atoms with Crippen LogP contribution in [-0.4, -0.2) is 18.2 Å². The molecule has 2 atom stereocenters. The van der Waals surface area contributed by atoms with Gasteiger partial charge in [-0.2, -0.15) is 0 Å². The van der Waals surface area contributed by atoms with Crippen molar-refractivity contribution in [2.24, 2.45) is 5.92 Å². The number of aryl methyl sites for hydroxylation is 1. The normalized spacial score (nSPS) is 20.6. The fraction of sp³-hybridized carbons (Fsp3) is 0.278. The molecular formula is C18H18O3. The average molecular weight is 282 g/mol. The van der Waals surface area contributed by atoms with Crippen LogP contribution in [0.25, 0.3) is 0 Å². The molecule has 108 valence electrons. The van der Waals surface area contributed by atoms with Gasteiger partial charge in [0.1, 0.15) is 5.75 Å². The summed E-state index contributed by atoms with van der Waals surface area (Å²) in [4.78, 5) is 11.7. The molecule has 1 N–H and O–H groups in total. The van der Waals surface area contributed by atoms with Gasteiger partial charge in [0.05, 0.1) is 13.0 Å². The van der Waals surface area contributed by atoms with E-state index < -0.39 is 5.97 Å². The van der Waals surface area contributed by atoms with Crippen LogP contribution in [-0.2, 0) is 11.2 Å². The van der Waals surface area contributed by atoms with Gasteiger partial charge in [0, 0.05) is 5.92 Å². The minimum Gasteiger partial charge on any atom is -0.497 e. The number of hydrogen-bond acceptors (Lipinski definition) is 2. The highest BCUT2D eigenvalue weighted by molar-refractivity contribution is 5.73. The third-order valence-corrected chi connectivity index (χ3v) is 4.29. The summed E-state index contributed by atoms with van der Waals surface area (Å²) in [5.41, 5.74) is 3.36. The number of hydrogen-bond donors (Lipinski definition) is 1. The lowest BCUT2D eigenvalue weighted by Gasteiger charge is -2.31. The van der Waals surface area contributed by atoms with Crippen LogP contribution < -0.4 is 4.74 Å². The summed E-state index contributed by atoms with van der Waals surface area (Å²) in [7, 11) is 1.64. The summed E-state index contributed by atoms with van der Waals surface area (Å²) in [5, 5.41) is 9.59. The second kappa shape index (κ2) is 5.60. The van der Waals surface area contributed by atoms with E-state index in [1.54, 1.807) is 7.11 Å². The molecule has 0 saturated carbocycles. The maximum Gasteiger partial charge on any atom is 0.307 e. The molecule has 3 heteroatoms. The van der Waals surface area contributed by atoms with Crippen molar-refractivity contribution in [3.8, 4) is 5.75 Å². The molecule has 2 aromatic rings. The first-order valence-electron chi connectivity index (χ1n) is 7.15. The number of carboxylic acid groups (broad SMARTS) is 1.